The molecule has 9 heavy (non-hydrogen) atoms. The summed E-state index contributed by atoms with van der Waals surface area (Å²) in [6, 6.07) is 0. The molecule has 0 atom stereocenters. The number of hydrogen-bond donors (Lipinski definition) is 0. The van der Waals surface area contributed by atoms with Crippen LogP contribution in [0, 0.1) is 0 Å². The standard InChI is InChI=1S/C5H7Cl2NO/c1-3-4(6)8(2)5(7)9/h3H,1-2H3. The van der Waals surface area contributed by atoms with Gasteiger partial charge in [-0.1, -0.05) is 17.7 Å². The van der Waals surface area contributed by atoms with Crippen molar-refractivity contribution in [3.05, 3.63) is 11.2 Å². The molecule has 4 heteroatoms. The van der Waals surface area contributed by atoms with E-state index in [9.17, 15) is 4.79 Å². The molecule has 0 aromatic rings. The van der Waals surface area contributed by atoms with Gasteiger partial charge < -0.3 is 0 Å². The van der Waals surface area contributed by atoms with Crippen LogP contribution in [0.1, 0.15) is 6.92 Å². The number of rotatable bonds is 1. The Morgan fingerprint density at radius 3 is 2.11 bits per heavy atom. The Balaban J connectivity index is 4.04. The first kappa shape index (κ1) is 8.79. The van der Waals surface area contributed by atoms with Crippen LogP contribution in [0.5, 0.6) is 0 Å². The van der Waals surface area contributed by atoms with Gasteiger partial charge in [-0.15, -0.1) is 0 Å². The molecule has 0 saturated carbocycles. The number of carbonyl (C=O) groups excluding carboxylic acids is 1. The fraction of sp³-hybridized carbons (Fsp3) is 0.400. The molecule has 0 heterocycles. The third kappa shape index (κ3) is 2.72. The third-order valence-corrected chi connectivity index (χ3v) is 1.55. The first-order valence-electron chi connectivity index (χ1n) is 2.34. The van der Waals surface area contributed by atoms with Crippen molar-refractivity contribution >= 4 is 28.6 Å². The minimum Gasteiger partial charge on any atom is -0.292 e. The van der Waals surface area contributed by atoms with Gasteiger partial charge in [-0.2, -0.15) is 0 Å². The van der Waals surface area contributed by atoms with E-state index >= 15 is 0 Å². The molecule has 0 saturated heterocycles. The van der Waals surface area contributed by atoms with Crippen molar-refractivity contribution in [3.63, 3.8) is 0 Å². The summed E-state index contributed by atoms with van der Waals surface area (Å²) in [5.74, 6) is 0. The van der Waals surface area contributed by atoms with Gasteiger partial charge in [-0.25, -0.2) is 0 Å². The Labute approximate surface area is 64.0 Å². The van der Waals surface area contributed by atoms with Crippen LogP contribution in [-0.4, -0.2) is 17.3 Å². The molecule has 0 aliphatic rings. The SMILES string of the molecule is CC=C(Cl)N(C)C(=O)Cl. The first-order valence-corrected chi connectivity index (χ1v) is 3.10. The average molecular weight is 168 g/mol. The summed E-state index contributed by atoms with van der Waals surface area (Å²) in [6.45, 7) is 1.72. The van der Waals surface area contributed by atoms with E-state index in [0.717, 1.165) is 4.90 Å². The summed E-state index contributed by atoms with van der Waals surface area (Å²) >= 11 is 10.6. The summed E-state index contributed by atoms with van der Waals surface area (Å²) in [5.41, 5.74) is 0. The predicted molar refractivity (Wildman–Crippen MR) is 38.6 cm³/mol. The number of amides is 1. The van der Waals surface area contributed by atoms with E-state index in [2.05, 4.69) is 0 Å². The van der Waals surface area contributed by atoms with Gasteiger partial charge >= 0.3 is 5.37 Å². The molecular weight excluding hydrogens is 161 g/mol. The molecule has 52 valence electrons. The Morgan fingerprint density at radius 1 is 1.56 bits per heavy atom. The van der Waals surface area contributed by atoms with E-state index in [0.29, 0.717) is 5.16 Å². The number of halogens is 2. The minimum atomic E-state index is -0.585. The summed E-state index contributed by atoms with van der Waals surface area (Å²) in [5, 5.41) is -0.256. The fourth-order valence-electron chi connectivity index (χ4n) is 0.278. The Bertz CT molecular complexity index is 144. The highest BCUT2D eigenvalue weighted by molar-refractivity contribution is 6.63. The van der Waals surface area contributed by atoms with Gasteiger partial charge in [-0.05, 0) is 18.5 Å². The van der Waals surface area contributed by atoms with E-state index < -0.39 is 5.37 Å². The molecule has 1 amide bonds. The van der Waals surface area contributed by atoms with Crippen LogP contribution in [0.4, 0.5) is 4.79 Å². The third-order valence-electron chi connectivity index (χ3n) is 0.822. The monoisotopic (exact) mass is 167 g/mol. The van der Waals surface area contributed by atoms with Crippen LogP contribution < -0.4 is 0 Å². The van der Waals surface area contributed by atoms with Crippen LogP contribution in [0.3, 0.4) is 0 Å². The highest BCUT2D eigenvalue weighted by Gasteiger charge is 2.05. The summed E-state index contributed by atoms with van der Waals surface area (Å²) in [6.07, 6.45) is 1.59. The lowest BCUT2D eigenvalue weighted by Crippen LogP contribution is -2.16. The first-order chi connectivity index (χ1) is 4.09. The minimum absolute atomic E-state index is 0.329. The zero-order chi connectivity index (χ0) is 7.44. The van der Waals surface area contributed by atoms with Crippen molar-refractivity contribution in [2.75, 3.05) is 7.05 Å². The Morgan fingerprint density at radius 2 is 2.00 bits per heavy atom. The molecule has 0 fully saturated rings. The van der Waals surface area contributed by atoms with E-state index in [-0.39, 0.29) is 0 Å². The fourth-order valence-corrected chi connectivity index (χ4v) is 0.489. The van der Waals surface area contributed by atoms with Gasteiger partial charge in [0.2, 0.25) is 0 Å². The normalized spacial score (nSPS) is 11.3. The number of carbonyl (C=O) groups is 1. The van der Waals surface area contributed by atoms with Crippen molar-refractivity contribution in [2.24, 2.45) is 0 Å². The molecule has 0 aliphatic heterocycles. The lowest BCUT2D eigenvalue weighted by Gasteiger charge is -2.09. The molecule has 0 N–H and O–H groups in total. The quantitative estimate of drug-likeness (QED) is 0.434. The van der Waals surface area contributed by atoms with Crippen LogP contribution in [0.15, 0.2) is 11.2 Å². The van der Waals surface area contributed by atoms with Crippen molar-refractivity contribution in [1.82, 2.24) is 4.90 Å². The lowest BCUT2D eigenvalue weighted by molar-refractivity contribution is 0.243. The van der Waals surface area contributed by atoms with E-state index in [1.54, 1.807) is 13.0 Å². The van der Waals surface area contributed by atoms with Crippen LogP contribution in [0.25, 0.3) is 0 Å². The topological polar surface area (TPSA) is 20.3 Å². The summed E-state index contributed by atoms with van der Waals surface area (Å²) in [7, 11) is 1.50. The van der Waals surface area contributed by atoms with E-state index in [1.165, 1.54) is 7.05 Å². The number of allylic oxidation sites excluding steroid dienone is 1. The highest BCUT2D eigenvalue weighted by atomic mass is 35.5. The summed E-state index contributed by atoms with van der Waals surface area (Å²) in [4.78, 5) is 11.5. The maximum absolute atomic E-state index is 10.3. The zero-order valence-corrected chi connectivity index (χ0v) is 6.70. The van der Waals surface area contributed by atoms with Gasteiger partial charge in [0.1, 0.15) is 5.16 Å². The molecule has 0 rings (SSSR count). The van der Waals surface area contributed by atoms with Crippen LogP contribution >= 0.6 is 23.2 Å². The average Bonchev–Trinajstić information content (AvgIpc) is 1.84. The smallest absolute Gasteiger partial charge is 0.292 e. The molecule has 0 bridgehead atoms. The van der Waals surface area contributed by atoms with Gasteiger partial charge in [0.05, 0.1) is 0 Å². The second kappa shape index (κ2) is 3.75. The Kier molecular flexibility index (Phi) is 3.66. The van der Waals surface area contributed by atoms with E-state index in [1.807, 2.05) is 0 Å². The van der Waals surface area contributed by atoms with Gasteiger partial charge in [-0.3, -0.25) is 9.69 Å². The predicted octanol–water partition coefficient (Wildman–Crippen LogP) is 2.38. The van der Waals surface area contributed by atoms with Crippen molar-refractivity contribution in [3.8, 4) is 0 Å². The lowest BCUT2D eigenvalue weighted by atomic mass is 10.6. The van der Waals surface area contributed by atoms with Crippen LogP contribution in [-0.2, 0) is 0 Å². The second-order valence-corrected chi connectivity index (χ2v) is 2.13. The number of nitrogens with zero attached hydrogens (tertiary/aromatic N) is 1. The van der Waals surface area contributed by atoms with Crippen molar-refractivity contribution < 1.29 is 4.79 Å². The van der Waals surface area contributed by atoms with Gasteiger partial charge in [0.25, 0.3) is 0 Å². The molecule has 0 aromatic carbocycles. The second-order valence-electron chi connectivity index (χ2n) is 1.42. The molecule has 0 radical (unpaired) electrons. The molecule has 0 aliphatic carbocycles. The maximum atomic E-state index is 10.3. The molecule has 0 spiro atoms. The Hall–Kier alpha value is -0.210. The largest absolute Gasteiger partial charge is 0.321 e. The van der Waals surface area contributed by atoms with E-state index in [4.69, 9.17) is 23.2 Å². The van der Waals surface area contributed by atoms with Crippen molar-refractivity contribution in [2.45, 2.75) is 6.92 Å². The molecular formula is C5H7Cl2NO. The van der Waals surface area contributed by atoms with Crippen LogP contribution in [0.2, 0.25) is 0 Å². The van der Waals surface area contributed by atoms with Gasteiger partial charge in [0, 0.05) is 7.05 Å². The number of hydrogen-bond acceptors (Lipinski definition) is 1. The van der Waals surface area contributed by atoms with Crippen molar-refractivity contribution in [1.29, 1.82) is 0 Å². The molecule has 2 nitrogen and oxygen atoms in total. The molecule has 0 aromatic heterocycles. The zero-order valence-electron chi connectivity index (χ0n) is 5.19. The van der Waals surface area contributed by atoms with Gasteiger partial charge in [0.15, 0.2) is 0 Å². The maximum Gasteiger partial charge on any atom is 0.321 e. The highest BCUT2D eigenvalue weighted by Crippen LogP contribution is 2.08. The summed E-state index contributed by atoms with van der Waals surface area (Å²) < 4.78 is 0. The molecule has 0 unspecified atom stereocenters.